The molecule has 0 aliphatic heterocycles. The molecule has 0 bridgehead atoms. The van der Waals surface area contributed by atoms with Crippen LogP contribution in [0.1, 0.15) is 5.56 Å². The van der Waals surface area contributed by atoms with Crippen molar-refractivity contribution in [2.24, 2.45) is 0 Å². The fourth-order valence-electron chi connectivity index (χ4n) is 1.54. The number of nitrogens with zero attached hydrogens (tertiary/aromatic N) is 2. The molecule has 17 heavy (non-hydrogen) atoms. The quantitative estimate of drug-likeness (QED) is 0.581. The standard InChI is InChI=1S/C13H8N2O2/c14-9-10-4-6-11(7-5-10)12-2-1-3-13(8-12)15(16)17/h1-8H. The van der Waals surface area contributed by atoms with Crippen molar-refractivity contribution in [1.82, 2.24) is 0 Å². The van der Waals surface area contributed by atoms with Gasteiger partial charge < -0.3 is 0 Å². The van der Waals surface area contributed by atoms with Gasteiger partial charge in [-0.15, -0.1) is 0 Å². The van der Waals surface area contributed by atoms with Crippen molar-refractivity contribution in [2.75, 3.05) is 0 Å². The van der Waals surface area contributed by atoms with Crippen molar-refractivity contribution in [2.45, 2.75) is 0 Å². The van der Waals surface area contributed by atoms with Crippen molar-refractivity contribution < 1.29 is 4.92 Å². The lowest BCUT2D eigenvalue weighted by molar-refractivity contribution is -0.384. The molecular weight excluding hydrogens is 216 g/mol. The van der Waals surface area contributed by atoms with E-state index in [1.54, 1.807) is 36.4 Å². The van der Waals surface area contributed by atoms with Gasteiger partial charge in [-0.3, -0.25) is 10.1 Å². The van der Waals surface area contributed by atoms with Gasteiger partial charge in [-0.1, -0.05) is 24.3 Å². The molecule has 0 amide bonds. The smallest absolute Gasteiger partial charge is 0.258 e. The largest absolute Gasteiger partial charge is 0.270 e. The summed E-state index contributed by atoms with van der Waals surface area (Å²) in [5, 5.41) is 19.3. The molecular formula is C13H8N2O2. The Morgan fingerprint density at radius 1 is 1.06 bits per heavy atom. The second kappa shape index (κ2) is 4.45. The van der Waals surface area contributed by atoms with Crippen LogP contribution in [0.4, 0.5) is 5.69 Å². The first-order chi connectivity index (χ1) is 8.20. The molecule has 0 spiro atoms. The van der Waals surface area contributed by atoms with Crippen LogP contribution in [0.3, 0.4) is 0 Å². The lowest BCUT2D eigenvalue weighted by Crippen LogP contribution is -1.88. The first-order valence-corrected chi connectivity index (χ1v) is 4.96. The van der Waals surface area contributed by atoms with Gasteiger partial charge in [0.1, 0.15) is 0 Å². The number of nitro groups is 1. The highest BCUT2D eigenvalue weighted by Crippen LogP contribution is 2.23. The molecule has 0 fully saturated rings. The maximum atomic E-state index is 10.6. The van der Waals surface area contributed by atoms with Gasteiger partial charge in [-0.25, -0.2) is 0 Å². The predicted octanol–water partition coefficient (Wildman–Crippen LogP) is 3.13. The van der Waals surface area contributed by atoms with Crippen molar-refractivity contribution in [3.8, 4) is 17.2 Å². The summed E-state index contributed by atoms with van der Waals surface area (Å²) < 4.78 is 0. The van der Waals surface area contributed by atoms with Crippen LogP contribution in [0.15, 0.2) is 48.5 Å². The van der Waals surface area contributed by atoms with E-state index < -0.39 is 4.92 Å². The molecule has 0 aliphatic rings. The molecule has 0 saturated carbocycles. The Kier molecular flexibility index (Phi) is 2.84. The average molecular weight is 224 g/mol. The summed E-state index contributed by atoms with van der Waals surface area (Å²) in [7, 11) is 0. The number of hydrogen-bond donors (Lipinski definition) is 0. The fraction of sp³-hybridized carbons (Fsp3) is 0. The van der Waals surface area contributed by atoms with Gasteiger partial charge in [0.25, 0.3) is 5.69 Å². The molecule has 0 aromatic heterocycles. The van der Waals surface area contributed by atoms with E-state index in [1.807, 2.05) is 6.07 Å². The third-order valence-electron chi connectivity index (χ3n) is 2.40. The summed E-state index contributed by atoms with van der Waals surface area (Å²) in [6, 6.07) is 15.4. The van der Waals surface area contributed by atoms with E-state index in [1.165, 1.54) is 12.1 Å². The van der Waals surface area contributed by atoms with Crippen LogP contribution in [0.5, 0.6) is 0 Å². The lowest BCUT2D eigenvalue weighted by atomic mass is 10.0. The second-order valence-corrected chi connectivity index (χ2v) is 3.50. The van der Waals surface area contributed by atoms with Crippen LogP contribution in [0.2, 0.25) is 0 Å². The zero-order valence-corrected chi connectivity index (χ0v) is 8.83. The summed E-state index contributed by atoms with van der Waals surface area (Å²) in [6.45, 7) is 0. The van der Waals surface area contributed by atoms with Crippen molar-refractivity contribution in [1.29, 1.82) is 5.26 Å². The Balaban J connectivity index is 2.42. The minimum Gasteiger partial charge on any atom is -0.258 e. The third-order valence-corrected chi connectivity index (χ3v) is 2.40. The van der Waals surface area contributed by atoms with Crippen LogP contribution < -0.4 is 0 Å². The van der Waals surface area contributed by atoms with Crippen LogP contribution >= 0.6 is 0 Å². The zero-order chi connectivity index (χ0) is 12.3. The van der Waals surface area contributed by atoms with Crippen LogP contribution in [0, 0.1) is 21.4 Å². The minimum atomic E-state index is -0.423. The van der Waals surface area contributed by atoms with Gasteiger partial charge in [-0.2, -0.15) is 5.26 Å². The molecule has 0 aliphatic carbocycles. The number of hydrogen-bond acceptors (Lipinski definition) is 3. The molecule has 82 valence electrons. The Morgan fingerprint density at radius 3 is 2.35 bits per heavy atom. The molecule has 2 aromatic carbocycles. The van der Waals surface area contributed by atoms with Crippen molar-refractivity contribution >= 4 is 5.69 Å². The number of non-ortho nitro benzene ring substituents is 1. The molecule has 4 heteroatoms. The van der Waals surface area contributed by atoms with E-state index in [9.17, 15) is 10.1 Å². The Bertz CT molecular complexity index is 598. The highest BCUT2D eigenvalue weighted by atomic mass is 16.6. The van der Waals surface area contributed by atoms with Crippen LogP contribution in [0.25, 0.3) is 11.1 Å². The number of rotatable bonds is 2. The van der Waals surface area contributed by atoms with Crippen LogP contribution in [-0.4, -0.2) is 4.92 Å². The molecule has 0 heterocycles. The molecule has 0 N–H and O–H groups in total. The van der Waals surface area contributed by atoms with Gasteiger partial charge in [0.15, 0.2) is 0 Å². The predicted molar refractivity (Wildman–Crippen MR) is 63.2 cm³/mol. The van der Waals surface area contributed by atoms with E-state index in [2.05, 4.69) is 0 Å². The summed E-state index contributed by atoms with van der Waals surface area (Å²) in [6.07, 6.45) is 0. The molecule has 0 unspecified atom stereocenters. The van der Waals surface area contributed by atoms with E-state index >= 15 is 0 Å². The van der Waals surface area contributed by atoms with Gasteiger partial charge in [0.05, 0.1) is 16.6 Å². The van der Waals surface area contributed by atoms with E-state index in [-0.39, 0.29) is 5.69 Å². The van der Waals surface area contributed by atoms with E-state index in [0.717, 1.165) is 11.1 Å². The van der Waals surface area contributed by atoms with Gasteiger partial charge in [0.2, 0.25) is 0 Å². The lowest BCUT2D eigenvalue weighted by Gasteiger charge is -2.01. The SMILES string of the molecule is N#Cc1ccc(-c2cccc([N+](=O)[O-])c2)cc1. The Morgan fingerprint density at radius 2 is 1.76 bits per heavy atom. The summed E-state index contributed by atoms with van der Waals surface area (Å²) in [5.41, 5.74) is 2.25. The highest BCUT2D eigenvalue weighted by molar-refractivity contribution is 5.66. The normalized spacial score (nSPS) is 9.59. The highest BCUT2D eigenvalue weighted by Gasteiger charge is 2.06. The maximum absolute atomic E-state index is 10.6. The van der Waals surface area contributed by atoms with E-state index in [0.29, 0.717) is 5.56 Å². The second-order valence-electron chi connectivity index (χ2n) is 3.50. The minimum absolute atomic E-state index is 0.0619. The summed E-state index contributed by atoms with van der Waals surface area (Å²) >= 11 is 0. The molecule has 0 saturated heterocycles. The first-order valence-electron chi connectivity index (χ1n) is 4.96. The number of nitriles is 1. The average Bonchev–Trinajstić information content (AvgIpc) is 2.39. The number of nitro benzene ring substituents is 1. The van der Waals surface area contributed by atoms with Gasteiger partial charge in [-0.05, 0) is 23.3 Å². The third kappa shape index (κ3) is 2.29. The molecule has 2 rings (SSSR count). The number of benzene rings is 2. The molecule has 0 radical (unpaired) electrons. The summed E-state index contributed by atoms with van der Waals surface area (Å²) in [5.74, 6) is 0. The van der Waals surface area contributed by atoms with Gasteiger partial charge >= 0.3 is 0 Å². The fourth-order valence-corrected chi connectivity index (χ4v) is 1.54. The van der Waals surface area contributed by atoms with Crippen molar-refractivity contribution in [3.05, 3.63) is 64.2 Å². The Labute approximate surface area is 97.9 Å². The molecule has 2 aromatic rings. The summed E-state index contributed by atoms with van der Waals surface area (Å²) in [4.78, 5) is 10.2. The topological polar surface area (TPSA) is 66.9 Å². The molecule has 0 atom stereocenters. The Hall–Kier alpha value is -2.67. The zero-order valence-electron chi connectivity index (χ0n) is 8.83. The monoisotopic (exact) mass is 224 g/mol. The maximum Gasteiger partial charge on any atom is 0.270 e. The van der Waals surface area contributed by atoms with Crippen LogP contribution in [-0.2, 0) is 0 Å². The molecule has 4 nitrogen and oxygen atoms in total. The first kappa shape index (κ1) is 10.8. The van der Waals surface area contributed by atoms with Crippen molar-refractivity contribution in [3.63, 3.8) is 0 Å². The van der Waals surface area contributed by atoms with Gasteiger partial charge in [0, 0.05) is 12.1 Å². The van der Waals surface area contributed by atoms with E-state index in [4.69, 9.17) is 5.26 Å².